The number of aliphatic imine (C=N–C) groups is 1. The van der Waals surface area contributed by atoms with Crippen LogP contribution >= 0.6 is 0 Å². The van der Waals surface area contributed by atoms with Crippen LogP contribution in [-0.2, 0) is 4.74 Å². The third-order valence-corrected chi connectivity index (χ3v) is 3.87. The molecule has 2 heterocycles. The summed E-state index contributed by atoms with van der Waals surface area (Å²) in [5, 5.41) is 0. The van der Waals surface area contributed by atoms with Crippen LogP contribution in [0.25, 0.3) is 11.3 Å². The van der Waals surface area contributed by atoms with Gasteiger partial charge >= 0.3 is 0 Å². The third-order valence-electron chi connectivity index (χ3n) is 3.87. The Morgan fingerprint density at radius 3 is 2.22 bits per heavy atom. The van der Waals surface area contributed by atoms with Crippen LogP contribution in [0.1, 0.15) is 17.3 Å². The molecule has 0 saturated carbocycles. The molecule has 0 N–H and O–H groups in total. The molecular formula is C20H16N2O. The smallest absolute Gasteiger partial charge is 0.236 e. The molecule has 3 nitrogen and oxygen atoms in total. The van der Waals surface area contributed by atoms with Crippen molar-refractivity contribution in [2.75, 3.05) is 6.61 Å². The standard InChI is InChI=1S/C20H16N2O/c1-3-8-15(9-4-1)17-12-7-13-18(21-17)20-22-19(14-23-20)16-10-5-2-6-11-16/h1-13,19H,14H2. The van der Waals surface area contributed by atoms with Crippen LogP contribution in [0.15, 0.2) is 83.9 Å². The molecule has 0 radical (unpaired) electrons. The van der Waals surface area contributed by atoms with Gasteiger partial charge in [-0.2, -0.15) is 0 Å². The summed E-state index contributed by atoms with van der Waals surface area (Å²) in [5.41, 5.74) is 3.97. The zero-order valence-corrected chi connectivity index (χ0v) is 12.6. The second-order valence-electron chi connectivity index (χ2n) is 5.45. The highest BCUT2D eigenvalue weighted by Gasteiger charge is 2.22. The summed E-state index contributed by atoms with van der Waals surface area (Å²) in [7, 11) is 0. The minimum atomic E-state index is 0.0494. The van der Waals surface area contributed by atoms with E-state index in [0.29, 0.717) is 12.5 Å². The van der Waals surface area contributed by atoms with Crippen LogP contribution in [0.3, 0.4) is 0 Å². The molecule has 3 aromatic rings. The predicted molar refractivity (Wildman–Crippen MR) is 91.3 cm³/mol. The van der Waals surface area contributed by atoms with Gasteiger partial charge in [-0.1, -0.05) is 66.7 Å². The fourth-order valence-corrected chi connectivity index (χ4v) is 2.68. The molecule has 0 saturated heterocycles. The maximum absolute atomic E-state index is 5.78. The first-order valence-electron chi connectivity index (χ1n) is 7.68. The van der Waals surface area contributed by atoms with E-state index in [4.69, 9.17) is 14.7 Å². The van der Waals surface area contributed by atoms with E-state index in [1.54, 1.807) is 0 Å². The van der Waals surface area contributed by atoms with Gasteiger partial charge in [0.25, 0.3) is 0 Å². The predicted octanol–water partition coefficient (Wildman–Crippen LogP) is 4.27. The van der Waals surface area contributed by atoms with Gasteiger partial charge in [0.2, 0.25) is 5.90 Å². The van der Waals surface area contributed by atoms with Crippen LogP contribution in [0, 0.1) is 0 Å². The average molecular weight is 300 g/mol. The van der Waals surface area contributed by atoms with Gasteiger partial charge < -0.3 is 4.74 Å². The average Bonchev–Trinajstić information content (AvgIpc) is 3.14. The van der Waals surface area contributed by atoms with E-state index in [1.165, 1.54) is 5.56 Å². The van der Waals surface area contributed by atoms with E-state index >= 15 is 0 Å². The zero-order valence-electron chi connectivity index (χ0n) is 12.6. The number of benzene rings is 2. The number of rotatable bonds is 3. The Kier molecular flexibility index (Phi) is 3.60. The highest BCUT2D eigenvalue weighted by Crippen LogP contribution is 2.25. The molecule has 112 valence electrons. The summed E-state index contributed by atoms with van der Waals surface area (Å²) < 4.78 is 5.78. The van der Waals surface area contributed by atoms with Crippen molar-refractivity contribution in [3.05, 3.63) is 90.1 Å². The summed E-state index contributed by atoms with van der Waals surface area (Å²) in [5.74, 6) is 0.622. The molecule has 1 aromatic heterocycles. The van der Waals surface area contributed by atoms with Crippen LogP contribution in [0.2, 0.25) is 0 Å². The van der Waals surface area contributed by atoms with Gasteiger partial charge in [0, 0.05) is 5.56 Å². The molecule has 0 amide bonds. The normalized spacial score (nSPS) is 16.7. The largest absolute Gasteiger partial charge is 0.474 e. The van der Waals surface area contributed by atoms with Crippen molar-refractivity contribution in [1.82, 2.24) is 4.98 Å². The summed E-state index contributed by atoms with van der Waals surface area (Å²) in [6, 6.07) is 26.3. The Labute approximate surface area is 135 Å². The van der Waals surface area contributed by atoms with Gasteiger partial charge in [0.05, 0.1) is 5.69 Å². The van der Waals surface area contributed by atoms with Crippen molar-refractivity contribution in [2.45, 2.75) is 6.04 Å². The molecule has 4 rings (SSSR count). The molecule has 0 bridgehead atoms. The summed E-state index contributed by atoms with van der Waals surface area (Å²) in [6.45, 7) is 0.566. The maximum atomic E-state index is 5.78. The topological polar surface area (TPSA) is 34.5 Å². The number of pyridine rings is 1. The quantitative estimate of drug-likeness (QED) is 0.724. The first-order valence-corrected chi connectivity index (χ1v) is 7.68. The molecule has 3 heteroatoms. The SMILES string of the molecule is c1ccc(-c2cccc(C3=NC(c4ccccc4)CO3)n2)cc1. The van der Waals surface area contributed by atoms with E-state index in [0.717, 1.165) is 17.0 Å². The van der Waals surface area contributed by atoms with E-state index in [2.05, 4.69) is 24.3 Å². The van der Waals surface area contributed by atoms with Gasteiger partial charge in [-0.25, -0.2) is 9.98 Å². The van der Waals surface area contributed by atoms with Gasteiger partial charge in [-0.05, 0) is 17.7 Å². The number of hydrogen-bond donors (Lipinski definition) is 0. The fourth-order valence-electron chi connectivity index (χ4n) is 2.68. The molecule has 0 fully saturated rings. The summed E-state index contributed by atoms with van der Waals surface area (Å²) >= 11 is 0. The van der Waals surface area contributed by atoms with Crippen LogP contribution in [-0.4, -0.2) is 17.5 Å². The molecule has 1 unspecified atom stereocenters. The Morgan fingerprint density at radius 1 is 0.739 bits per heavy atom. The molecule has 0 spiro atoms. The van der Waals surface area contributed by atoms with Crippen molar-refractivity contribution in [3.63, 3.8) is 0 Å². The van der Waals surface area contributed by atoms with Crippen molar-refractivity contribution in [1.29, 1.82) is 0 Å². The lowest BCUT2D eigenvalue weighted by atomic mass is 10.1. The van der Waals surface area contributed by atoms with Gasteiger partial charge in [0.1, 0.15) is 18.3 Å². The number of aromatic nitrogens is 1. The van der Waals surface area contributed by atoms with Crippen LogP contribution < -0.4 is 0 Å². The number of nitrogens with zero attached hydrogens (tertiary/aromatic N) is 2. The third kappa shape index (κ3) is 2.86. The molecular weight excluding hydrogens is 284 g/mol. The maximum Gasteiger partial charge on any atom is 0.236 e. The first-order chi connectivity index (χ1) is 11.4. The molecule has 1 aliphatic heterocycles. The molecule has 1 aliphatic rings. The van der Waals surface area contributed by atoms with E-state index in [1.807, 2.05) is 54.6 Å². The molecule has 2 aromatic carbocycles. The number of ether oxygens (including phenoxy) is 1. The highest BCUT2D eigenvalue weighted by atomic mass is 16.5. The lowest BCUT2D eigenvalue weighted by Gasteiger charge is -2.04. The van der Waals surface area contributed by atoms with E-state index in [9.17, 15) is 0 Å². The zero-order chi connectivity index (χ0) is 15.5. The Bertz CT molecular complexity index is 829. The summed E-state index contributed by atoms with van der Waals surface area (Å²) in [4.78, 5) is 9.39. The Hall–Kier alpha value is -2.94. The van der Waals surface area contributed by atoms with Crippen molar-refractivity contribution >= 4 is 5.90 Å². The second-order valence-corrected chi connectivity index (χ2v) is 5.45. The molecule has 0 aliphatic carbocycles. The fraction of sp³-hybridized carbons (Fsp3) is 0.100. The first kappa shape index (κ1) is 13.7. The van der Waals surface area contributed by atoms with Crippen LogP contribution in [0.4, 0.5) is 0 Å². The van der Waals surface area contributed by atoms with Gasteiger partial charge in [-0.3, -0.25) is 0 Å². The van der Waals surface area contributed by atoms with Crippen molar-refractivity contribution < 1.29 is 4.74 Å². The van der Waals surface area contributed by atoms with Crippen molar-refractivity contribution in [3.8, 4) is 11.3 Å². The monoisotopic (exact) mass is 300 g/mol. The molecule has 23 heavy (non-hydrogen) atoms. The minimum absolute atomic E-state index is 0.0494. The Balaban J connectivity index is 1.64. The highest BCUT2D eigenvalue weighted by molar-refractivity contribution is 5.93. The van der Waals surface area contributed by atoms with Gasteiger partial charge in [0.15, 0.2) is 0 Å². The van der Waals surface area contributed by atoms with E-state index in [-0.39, 0.29) is 6.04 Å². The minimum Gasteiger partial charge on any atom is -0.474 e. The van der Waals surface area contributed by atoms with Crippen LogP contribution in [0.5, 0.6) is 0 Å². The van der Waals surface area contributed by atoms with Gasteiger partial charge in [-0.15, -0.1) is 0 Å². The molecule has 1 atom stereocenters. The lowest BCUT2D eigenvalue weighted by Crippen LogP contribution is -2.04. The lowest BCUT2D eigenvalue weighted by molar-refractivity contribution is 0.319. The van der Waals surface area contributed by atoms with E-state index < -0.39 is 0 Å². The Morgan fingerprint density at radius 2 is 1.43 bits per heavy atom. The second kappa shape index (κ2) is 6.05. The number of hydrogen-bond acceptors (Lipinski definition) is 3. The summed E-state index contributed by atoms with van der Waals surface area (Å²) in [6.07, 6.45) is 0. The van der Waals surface area contributed by atoms with Crippen molar-refractivity contribution in [2.24, 2.45) is 4.99 Å².